The molecule has 0 fully saturated rings. The van der Waals surface area contributed by atoms with E-state index in [9.17, 15) is 9.59 Å². The molecule has 0 aliphatic rings. The fourth-order valence-electron chi connectivity index (χ4n) is 1.49. The van der Waals surface area contributed by atoms with Gasteiger partial charge in [-0.3, -0.25) is 14.6 Å². The smallest absolute Gasteiger partial charge is 0.255 e. The maximum atomic E-state index is 12.1. The molecule has 0 aromatic carbocycles. The standard InChI is InChI=1S/C13H20N4O2/c1-4-5-15-11-6-8(2)16-7-10(11)13(19)17-9(3)12(14)18/h6-7,9H,4-5H2,1-3H3,(H2,14,18)(H,15,16)(H,17,19). The van der Waals surface area contributed by atoms with Gasteiger partial charge in [0.25, 0.3) is 5.91 Å². The highest BCUT2D eigenvalue weighted by molar-refractivity contribution is 6.01. The third-order valence-corrected chi connectivity index (χ3v) is 2.63. The summed E-state index contributed by atoms with van der Waals surface area (Å²) in [5.41, 5.74) is 7.06. The maximum absolute atomic E-state index is 12.1. The van der Waals surface area contributed by atoms with E-state index in [-0.39, 0.29) is 5.91 Å². The van der Waals surface area contributed by atoms with E-state index in [1.165, 1.54) is 6.20 Å². The number of carbonyl (C=O) groups is 2. The number of hydrogen-bond acceptors (Lipinski definition) is 4. The van der Waals surface area contributed by atoms with Crippen LogP contribution in [-0.2, 0) is 4.79 Å². The lowest BCUT2D eigenvalue weighted by molar-refractivity contribution is -0.119. The number of nitrogens with zero attached hydrogens (tertiary/aromatic N) is 1. The van der Waals surface area contributed by atoms with Gasteiger partial charge in [0.15, 0.2) is 0 Å². The largest absolute Gasteiger partial charge is 0.384 e. The highest BCUT2D eigenvalue weighted by atomic mass is 16.2. The summed E-state index contributed by atoms with van der Waals surface area (Å²) in [6.07, 6.45) is 2.44. The average molecular weight is 264 g/mol. The van der Waals surface area contributed by atoms with Gasteiger partial charge < -0.3 is 16.4 Å². The minimum atomic E-state index is -0.715. The third kappa shape index (κ3) is 4.24. The molecule has 4 N–H and O–H groups in total. The number of carbonyl (C=O) groups excluding carboxylic acids is 2. The molecule has 1 rings (SSSR count). The summed E-state index contributed by atoms with van der Waals surface area (Å²) in [6, 6.07) is 1.09. The molecule has 0 radical (unpaired) electrons. The number of anilines is 1. The lowest BCUT2D eigenvalue weighted by Crippen LogP contribution is -2.42. The van der Waals surface area contributed by atoms with Gasteiger partial charge in [-0.2, -0.15) is 0 Å². The van der Waals surface area contributed by atoms with Crippen LogP contribution in [0.2, 0.25) is 0 Å². The van der Waals surface area contributed by atoms with E-state index >= 15 is 0 Å². The Balaban J connectivity index is 2.91. The molecule has 0 spiro atoms. The predicted molar refractivity (Wildman–Crippen MR) is 73.9 cm³/mol. The van der Waals surface area contributed by atoms with Crippen molar-refractivity contribution in [3.8, 4) is 0 Å². The Morgan fingerprint density at radius 2 is 2.16 bits per heavy atom. The van der Waals surface area contributed by atoms with Crippen molar-refractivity contribution in [2.45, 2.75) is 33.2 Å². The van der Waals surface area contributed by atoms with Crippen molar-refractivity contribution in [1.29, 1.82) is 0 Å². The molecule has 0 aliphatic carbocycles. The van der Waals surface area contributed by atoms with Crippen molar-refractivity contribution < 1.29 is 9.59 Å². The Morgan fingerprint density at radius 1 is 1.47 bits per heavy atom. The SMILES string of the molecule is CCCNc1cc(C)ncc1C(=O)NC(C)C(N)=O. The normalized spacial score (nSPS) is 11.7. The van der Waals surface area contributed by atoms with Crippen molar-refractivity contribution in [2.75, 3.05) is 11.9 Å². The fourth-order valence-corrected chi connectivity index (χ4v) is 1.49. The predicted octanol–water partition coefficient (Wildman–Crippen LogP) is 0.816. The van der Waals surface area contributed by atoms with Crippen LogP contribution in [-0.4, -0.2) is 29.4 Å². The zero-order valence-corrected chi connectivity index (χ0v) is 11.5. The number of primary amides is 1. The molecule has 0 saturated heterocycles. The summed E-state index contributed by atoms with van der Waals surface area (Å²) in [4.78, 5) is 27.1. The van der Waals surface area contributed by atoms with Crippen LogP contribution in [0.15, 0.2) is 12.3 Å². The zero-order chi connectivity index (χ0) is 14.4. The van der Waals surface area contributed by atoms with Gasteiger partial charge in [0.2, 0.25) is 5.91 Å². The van der Waals surface area contributed by atoms with E-state index in [2.05, 4.69) is 15.6 Å². The molecule has 1 heterocycles. The van der Waals surface area contributed by atoms with Crippen LogP contribution in [0.3, 0.4) is 0 Å². The molecule has 1 aromatic heterocycles. The number of aryl methyl sites for hydroxylation is 1. The number of amides is 2. The topological polar surface area (TPSA) is 97.1 Å². The fraction of sp³-hybridized carbons (Fsp3) is 0.462. The van der Waals surface area contributed by atoms with Crippen LogP contribution < -0.4 is 16.4 Å². The second-order valence-corrected chi connectivity index (χ2v) is 4.40. The van der Waals surface area contributed by atoms with E-state index in [1.54, 1.807) is 13.0 Å². The highest BCUT2D eigenvalue weighted by Gasteiger charge is 2.17. The monoisotopic (exact) mass is 264 g/mol. The van der Waals surface area contributed by atoms with Crippen molar-refractivity contribution in [1.82, 2.24) is 10.3 Å². The summed E-state index contributed by atoms with van der Waals surface area (Å²) < 4.78 is 0. The molecule has 1 unspecified atom stereocenters. The van der Waals surface area contributed by atoms with Gasteiger partial charge in [0, 0.05) is 18.4 Å². The molecule has 6 heteroatoms. The first kappa shape index (κ1) is 14.9. The minimum Gasteiger partial charge on any atom is -0.384 e. The van der Waals surface area contributed by atoms with Crippen LogP contribution in [0, 0.1) is 6.92 Å². The minimum absolute atomic E-state index is 0.364. The molecular formula is C13H20N4O2. The number of aromatic nitrogens is 1. The summed E-state index contributed by atoms with van der Waals surface area (Å²) in [6.45, 7) is 6.19. The zero-order valence-electron chi connectivity index (χ0n) is 11.5. The van der Waals surface area contributed by atoms with Crippen LogP contribution in [0.5, 0.6) is 0 Å². The summed E-state index contributed by atoms with van der Waals surface area (Å²) in [5, 5.41) is 5.71. The molecule has 2 amide bonds. The van der Waals surface area contributed by atoms with Crippen molar-refractivity contribution in [3.63, 3.8) is 0 Å². The lowest BCUT2D eigenvalue weighted by atomic mass is 10.1. The van der Waals surface area contributed by atoms with Crippen LogP contribution in [0.4, 0.5) is 5.69 Å². The summed E-state index contributed by atoms with van der Waals surface area (Å²) in [7, 11) is 0. The Bertz CT molecular complexity index is 474. The van der Waals surface area contributed by atoms with Crippen LogP contribution >= 0.6 is 0 Å². The number of nitrogens with two attached hydrogens (primary N) is 1. The first-order valence-electron chi connectivity index (χ1n) is 6.26. The molecule has 0 bridgehead atoms. The van der Waals surface area contributed by atoms with E-state index < -0.39 is 11.9 Å². The van der Waals surface area contributed by atoms with E-state index in [0.29, 0.717) is 11.3 Å². The van der Waals surface area contributed by atoms with Gasteiger partial charge in [-0.05, 0) is 26.3 Å². The molecule has 104 valence electrons. The molecule has 0 aliphatic heterocycles. The number of rotatable bonds is 6. The highest BCUT2D eigenvalue weighted by Crippen LogP contribution is 2.15. The van der Waals surface area contributed by atoms with Crippen LogP contribution in [0.1, 0.15) is 36.3 Å². The maximum Gasteiger partial charge on any atom is 0.255 e. The number of hydrogen-bond donors (Lipinski definition) is 3. The average Bonchev–Trinajstić information content (AvgIpc) is 2.35. The second-order valence-electron chi connectivity index (χ2n) is 4.40. The van der Waals surface area contributed by atoms with Crippen molar-refractivity contribution in [2.24, 2.45) is 5.73 Å². The summed E-state index contributed by atoms with van der Waals surface area (Å²) in [5.74, 6) is -0.936. The molecule has 0 saturated carbocycles. The summed E-state index contributed by atoms with van der Waals surface area (Å²) >= 11 is 0. The van der Waals surface area contributed by atoms with Crippen LogP contribution in [0.25, 0.3) is 0 Å². The van der Waals surface area contributed by atoms with E-state index in [1.807, 2.05) is 13.8 Å². The Morgan fingerprint density at radius 3 is 2.74 bits per heavy atom. The third-order valence-electron chi connectivity index (χ3n) is 2.63. The molecule has 1 atom stereocenters. The number of nitrogens with one attached hydrogen (secondary N) is 2. The first-order chi connectivity index (χ1) is 8.95. The molecule has 1 aromatic rings. The van der Waals surface area contributed by atoms with E-state index in [0.717, 1.165) is 18.7 Å². The van der Waals surface area contributed by atoms with Crippen molar-refractivity contribution in [3.05, 3.63) is 23.5 Å². The van der Waals surface area contributed by atoms with Gasteiger partial charge in [-0.25, -0.2) is 0 Å². The quantitative estimate of drug-likeness (QED) is 0.708. The van der Waals surface area contributed by atoms with E-state index in [4.69, 9.17) is 5.73 Å². The van der Waals surface area contributed by atoms with Gasteiger partial charge in [0.05, 0.1) is 11.3 Å². The van der Waals surface area contributed by atoms with Crippen molar-refractivity contribution >= 4 is 17.5 Å². The van der Waals surface area contributed by atoms with Gasteiger partial charge in [-0.15, -0.1) is 0 Å². The molecule has 19 heavy (non-hydrogen) atoms. The molecule has 6 nitrogen and oxygen atoms in total. The first-order valence-corrected chi connectivity index (χ1v) is 6.26. The molecular weight excluding hydrogens is 244 g/mol. The van der Waals surface area contributed by atoms with Gasteiger partial charge in [-0.1, -0.05) is 6.92 Å². The Labute approximate surface area is 112 Å². The van der Waals surface area contributed by atoms with Gasteiger partial charge in [0.1, 0.15) is 6.04 Å². The number of pyridine rings is 1. The lowest BCUT2D eigenvalue weighted by Gasteiger charge is -2.14. The Hall–Kier alpha value is -2.11. The Kier molecular flexibility index (Phi) is 5.29. The second kappa shape index (κ2) is 6.72. The van der Waals surface area contributed by atoms with Gasteiger partial charge >= 0.3 is 0 Å².